The van der Waals surface area contributed by atoms with E-state index in [0.29, 0.717) is 18.6 Å². The summed E-state index contributed by atoms with van der Waals surface area (Å²) in [5, 5.41) is 10.6. The van der Waals surface area contributed by atoms with Crippen molar-refractivity contribution in [1.29, 1.82) is 0 Å². The Morgan fingerprint density at radius 2 is 2.10 bits per heavy atom. The average molecular weight is 293 g/mol. The maximum absolute atomic E-state index is 12.2. The second-order valence-electron chi connectivity index (χ2n) is 4.19. The number of halogens is 3. The van der Waals surface area contributed by atoms with Crippen LogP contribution < -0.4 is 5.32 Å². The first-order valence-corrected chi connectivity index (χ1v) is 5.91. The number of hydrogen-bond acceptors (Lipinski definition) is 3. The monoisotopic (exact) mass is 293 g/mol. The average Bonchev–Trinajstić information content (AvgIpc) is 2.75. The lowest BCUT2D eigenvalue weighted by Crippen LogP contribution is -2.43. The van der Waals surface area contributed by atoms with Gasteiger partial charge < -0.3 is 14.8 Å². The van der Waals surface area contributed by atoms with Crippen LogP contribution in [0.5, 0.6) is 0 Å². The summed E-state index contributed by atoms with van der Waals surface area (Å²) in [6.07, 6.45) is -3.96. The summed E-state index contributed by atoms with van der Waals surface area (Å²) in [4.78, 5) is 22.6. The molecule has 0 spiro atoms. The minimum absolute atomic E-state index is 0.0558. The standard InChI is InChI=1S/C12H14F3NO4/c1-2-3-9-7(4-5-20-9)10(17)16-8(11(18)19)6-12(13,14)15/h4-5,8H,2-3,6H2,1H3,(H,16,17)(H,18,19). The molecular formula is C12H14F3NO4. The van der Waals surface area contributed by atoms with Gasteiger partial charge in [0.2, 0.25) is 0 Å². The molecule has 1 rings (SSSR count). The van der Waals surface area contributed by atoms with Crippen LogP contribution in [-0.2, 0) is 11.2 Å². The van der Waals surface area contributed by atoms with E-state index in [1.54, 1.807) is 0 Å². The smallest absolute Gasteiger partial charge is 0.391 e. The van der Waals surface area contributed by atoms with Gasteiger partial charge in [0.25, 0.3) is 5.91 Å². The highest BCUT2D eigenvalue weighted by molar-refractivity contribution is 5.97. The predicted octanol–water partition coefficient (Wildman–Crippen LogP) is 2.37. The van der Waals surface area contributed by atoms with E-state index in [9.17, 15) is 22.8 Å². The lowest BCUT2D eigenvalue weighted by molar-refractivity contribution is -0.157. The van der Waals surface area contributed by atoms with Crippen LogP contribution in [0.15, 0.2) is 16.7 Å². The fourth-order valence-corrected chi connectivity index (χ4v) is 1.63. The number of carboxylic acid groups (broad SMARTS) is 1. The highest BCUT2D eigenvalue weighted by Gasteiger charge is 2.36. The maximum atomic E-state index is 12.2. The molecule has 20 heavy (non-hydrogen) atoms. The van der Waals surface area contributed by atoms with E-state index in [2.05, 4.69) is 0 Å². The first-order chi connectivity index (χ1) is 9.24. The first kappa shape index (κ1) is 16.1. The number of nitrogens with one attached hydrogen (secondary N) is 1. The summed E-state index contributed by atoms with van der Waals surface area (Å²) >= 11 is 0. The Balaban J connectivity index is 2.80. The van der Waals surface area contributed by atoms with Crippen molar-refractivity contribution < 1.29 is 32.3 Å². The van der Waals surface area contributed by atoms with Gasteiger partial charge in [-0.1, -0.05) is 6.92 Å². The number of carbonyl (C=O) groups is 2. The van der Waals surface area contributed by atoms with Crippen LogP contribution in [0.4, 0.5) is 13.2 Å². The zero-order chi connectivity index (χ0) is 15.3. The Bertz CT molecular complexity index is 481. The Kier molecular flexibility index (Phi) is 5.18. The van der Waals surface area contributed by atoms with Gasteiger partial charge in [0.1, 0.15) is 11.8 Å². The fourth-order valence-electron chi connectivity index (χ4n) is 1.63. The Morgan fingerprint density at radius 1 is 1.45 bits per heavy atom. The third-order valence-corrected chi connectivity index (χ3v) is 2.51. The minimum atomic E-state index is -4.68. The molecule has 0 bridgehead atoms. The van der Waals surface area contributed by atoms with Gasteiger partial charge in [-0.3, -0.25) is 4.79 Å². The summed E-state index contributed by atoms with van der Waals surface area (Å²) in [6.45, 7) is 1.84. The van der Waals surface area contributed by atoms with Crippen molar-refractivity contribution in [2.75, 3.05) is 0 Å². The number of furan rings is 1. The van der Waals surface area contributed by atoms with Gasteiger partial charge in [-0.25, -0.2) is 4.79 Å². The number of alkyl halides is 3. The van der Waals surface area contributed by atoms with Gasteiger partial charge in [0.05, 0.1) is 18.2 Å². The number of rotatable bonds is 6. The van der Waals surface area contributed by atoms with E-state index in [0.717, 1.165) is 0 Å². The molecule has 112 valence electrons. The number of hydrogen-bond donors (Lipinski definition) is 2. The van der Waals surface area contributed by atoms with Crippen molar-refractivity contribution in [2.45, 2.75) is 38.4 Å². The van der Waals surface area contributed by atoms with Gasteiger partial charge in [-0.05, 0) is 12.5 Å². The molecule has 1 heterocycles. The second kappa shape index (κ2) is 6.44. The van der Waals surface area contributed by atoms with Crippen molar-refractivity contribution in [1.82, 2.24) is 5.32 Å². The molecule has 8 heteroatoms. The molecule has 0 aliphatic carbocycles. The summed E-state index contributed by atoms with van der Waals surface area (Å²) < 4.78 is 41.7. The first-order valence-electron chi connectivity index (χ1n) is 5.91. The molecule has 1 unspecified atom stereocenters. The topological polar surface area (TPSA) is 79.5 Å². The molecular weight excluding hydrogens is 279 g/mol. The van der Waals surface area contributed by atoms with Crippen molar-refractivity contribution in [3.63, 3.8) is 0 Å². The van der Waals surface area contributed by atoms with Crippen molar-refractivity contribution in [2.24, 2.45) is 0 Å². The van der Waals surface area contributed by atoms with Crippen molar-refractivity contribution in [3.05, 3.63) is 23.7 Å². The summed E-state index contributed by atoms with van der Waals surface area (Å²) in [5.74, 6) is -2.31. The predicted molar refractivity (Wildman–Crippen MR) is 62.3 cm³/mol. The van der Waals surface area contributed by atoms with Gasteiger partial charge in [0.15, 0.2) is 0 Å². The quantitative estimate of drug-likeness (QED) is 0.844. The highest BCUT2D eigenvalue weighted by Crippen LogP contribution is 2.22. The highest BCUT2D eigenvalue weighted by atomic mass is 19.4. The van der Waals surface area contributed by atoms with Crippen molar-refractivity contribution >= 4 is 11.9 Å². The number of carboxylic acids is 1. The van der Waals surface area contributed by atoms with Crippen LogP contribution in [0.2, 0.25) is 0 Å². The molecule has 1 atom stereocenters. The van der Waals surface area contributed by atoms with Crippen LogP contribution in [-0.4, -0.2) is 29.2 Å². The third kappa shape index (κ3) is 4.60. The van der Waals surface area contributed by atoms with E-state index < -0.39 is 30.5 Å². The zero-order valence-electron chi connectivity index (χ0n) is 10.7. The molecule has 0 radical (unpaired) electrons. The molecule has 0 fully saturated rings. The normalized spacial score (nSPS) is 13.0. The van der Waals surface area contributed by atoms with E-state index >= 15 is 0 Å². The molecule has 0 saturated carbocycles. The molecule has 0 saturated heterocycles. The summed E-state index contributed by atoms with van der Waals surface area (Å²) in [5.41, 5.74) is 0.0558. The maximum Gasteiger partial charge on any atom is 0.391 e. The van der Waals surface area contributed by atoms with E-state index in [1.165, 1.54) is 12.3 Å². The molecule has 0 aromatic carbocycles. The van der Waals surface area contributed by atoms with E-state index in [-0.39, 0.29) is 5.56 Å². The van der Waals surface area contributed by atoms with Crippen LogP contribution in [0.1, 0.15) is 35.9 Å². The zero-order valence-corrected chi connectivity index (χ0v) is 10.7. The Labute approximate surface area is 112 Å². The molecule has 1 amide bonds. The molecule has 0 aliphatic heterocycles. The molecule has 2 N–H and O–H groups in total. The Hall–Kier alpha value is -1.99. The number of carbonyl (C=O) groups excluding carboxylic acids is 1. The van der Waals surface area contributed by atoms with Gasteiger partial charge in [0, 0.05) is 6.42 Å². The number of amides is 1. The second-order valence-corrected chi connectivity index (χ2v) is 4.19. The minimum Gasteiger partial charge on any atom is -0.480 e. The lowest BCUT2D eigenvalue weighted by Gasteiger charge is -2.16. The van der Waals surface area contributed by atoms with Crippen molar-refractivity contribution in [3.8, 4) is 0 Å². The van der Waals surface area contributed by atoms with Crippen LogP contribution >= 0.6 is 0 Å². The van der Waals surface area contributed by atoms with E-state index in [4.69, 9.17) is 9.52 Å². The summed E-state index contributed by atoms with van der Waals surface area (Å²) in [7, 11) is 0. The van der Waals surface area contributed by atoms with Crippen LogP contribution in [0.3, 0.4) is 0 Å². The molecule has 1 aromatic rings. The molecule has 0 aliphatic rings. The Morgan fingerprint density at radius 3 is 2.60 bits per heavy atom. The number of aryl methyl sites for hydroxylation is 1. The fraction of sp³-hybridized carbons (Fsp3) is 0.500. The van der Waals surface area contributed by atoms with Crippen LogP contribution in [0.25, 0.3) is 0 Å². The third-order valence-electron chi connectivity index (χ3n) is 2.51. The molecule has 5 nitrogen and oxygen atoms in total. The lowest BCUT2D eigenvalue weighted by atomic mass is 10.1. The largest absolute Gasteiger partial charge is 0.480 e. The summed E-state index contributed by atoms with van der Waals surface area (Å²) in [6, 6.07) is -0.723. The van der Waals surface area contributed by atoms with Crippen LogP contribution in [0, 0.1) is 0 Å². The van der Waals surface area contributed by atoms with Gasteiger partial charge >= 0.3 is 12.1 Å². The molecule has 1 aromatic heterocycles. The van der Waals surface area contributed by atoms with E-state index in [1.807, 2.05) is 12.2 Å². The SMILES string of the molecule is CCCc1occc1C(=O)NC(CC(F)(F)F)C(=O)O. The number of aliphatic carboxylic acids is 1. The van der Waals surface area contributed by atoms with Gasteiger partial charge in [-0.2, -0.15) is 13.2 Å². The van der Waals surface area contributed by atoms with Gasteiger partial charge in [-0.15, -0.1) is 0 Å².